The van der Waals surface area contributed by atoms with Gasteiger partial charge in [0.05, 0.1) is 15.9 Å². The highest BCUT2D eigenvalue weighted by Gasteiger charge is 2.09. The number of carbonyl (C=O) groups is 1. The second kappa shape index (κ2) is 6.93. The van der Waals surface area contributed by atoms with Crippen molar-refractivity contribution >= 4 is 39.0 Å². The minimum absolute atomic E-state index is 0.132. The summed E-state index contributed by atoms with van der Waals surface area (Å²) in [5.41, 5.74) is 2.60. The van der Waals surface area contributed by atoms with Gasteiger partial charge in [0, 0.05) is 11.3 Å². The molecule has 4 rings (SSSR count). The van der Waals surface area contributed by atoms with Crippen LogP contribution in [0.2, 0.25) is 0 Å². The summed E-state index contributed by atoms with van der Waals surface area (Å²) in [6.07, 6.45) is 0. The van der Waals surface area contributed by atoms with E-state index in [1.807, 2.05) is 42.5 Å². The SMILES string of the molecule is O=C(Nc1cccc(-c2nc3ccccc3s2)c1)Nc1ccccc1F. The van der Waals surface area contributed by atoms with Gasteiger partial charge < -0.3 is 10.6 Å². The van der Waals surface area contributed by atoms with Gasteiger partial charge in [0.2, 0.25) is 0 Å². The van der Waals surface area contributed by atoms with Gasteiger partial charge in [0.15, 0.2) is 0 Å². The zero-order valence-electron chi connectivity index (χ0n) is 13.6. The summed E-state index contributed by atoms with van der Waals surface area (Å²) in [6.45, 7) is 0. The number of urea groups is 1. The highest BCUT2D eigenvalue weighted by Crippen LogP contribution is 2.31. The average molecular weight is 363 g/mol. The number of rotatable bonds is 3. The molecule has 4 aromatic rings. The lowest BCUT2D eigenvalue weighted by Crippen LogP contribution is -2.20. The molecule has 4 nitrogen and oxygen atoms in total. The van der Waals surface area contributed by atoms with Crippen LogP contribution in [0.3, 0.4) is 0 Å². The second-order valence-electron chi connectivity index (χ2n) is 5.63. The quantitative estimate of drug-likeness (QED) is 0.487. The predicted molar refractivity (Wildman–Crippen MR) is 104 cm³/mol. The minimum Gasteiger partial charge on any atom is -0.308 e. The van der Waals surface area contributed by atoms with Crippen LogP contribution < -0.4 is 10.6 Å². The fraction of sp³-hybridized carbons (Fsp3) is 0. The van der Waals surface area contributed by atoms with Crippen molar-refractivity contribution in [2.45, 2.75) is 0 Å². The first-order valence-electron chi connectivity index (χ1n) is 7.97. The molecular formula is C20H14FN3OS. The van der Waals surface area contributed by atoms with Gasteiger partial charge in [-0.15, -0.1) is 11.3 Å². The standard InChI is InChI=1S/C20H14FN3OS/c21-15-8-1-2-9-16(15)24-20(25)22-14-7-5-6-13(12-14)19-23-17-10-3-4-11-18(17)26-19/h1-12H,(H2,22,24,25). The molecule has 26 heavy (non-hydrogen) atoms. The van der Waals surface area contributed by atoms with Gasteiger partial charge in [-0.2, -0.15) is 0 Å². The first-order valence-corrected chi connectivity index (χ1v) is 8.79. The third-order valence-electron chi connectivity index (χ3n) is 3.78. The van der Waals surface area contributed by atoms with Crippen LogP contribution in [0.4, 0.5) is 20.6 Å². The van der Waals surface area contributed by atoms with Gasteiger partial charge in [0.25, 0.3) is 0 Å². The number of thiazole rings is 1. The maximum absolute atomic E-state index is 13.6. The molecule has 0 aliphatic heterocycles. The Hall–Kier alpha value is -3.25. The van der Waals surface area contributed by atoms with Crippen molar-refractivity contribution in [3.8, 4) is 10.6 Å². The van der Waals surface area contributed by atoms with Crippen LogP contribution in [-0.4, -0.2) is 11.0 Å². The minimum atomic E-state index is -0.503. The summed E-state index contributed by atoms with van der Waals surface area (Å²) in [7, 11) is 0. The number of aromatic nitrogens is 1. The van der Waals surface area contributed by atoms with E-state index in [4.69, 9.17) is 0 Å². The van der Waals surface area contributed by atoms with Crippen LogP contribution in [-0.2, 0) is 0 Å². The molecule has 0 aliphatic carbocycles. The molecule has 2 amide bonds. The Morgan fingerprint density at radius 1 is 0.923 bits per heavy atom. The van der Waals surface area contributed by atoms with Crippen molar-refractivity contribution in [2.75, 3.05) is 10.6 Å². The molecule has 1 aromatic heterocycles. The Bertz CT molecular complexity index is 1060. The number of hydrogen-bond acceptors (Lipinski definition) is 3. The molecule has 0 aliphatic rings. The molecule has 2 N–H and O–H groups in total. The van der Waals surface area contributed by atoms with Crippen molar-refractivity contribution in [2.24, 2.45) is 0 Å². The van der Waals surface area contributed by atoms with Crippen LogP contribution in [0, 0.1) is 5.82 Å². The van der Waals surface area contributed by atoms with Crippen molar-refractivity contribution in [3.05, 3.63) is 78.6 Å². The van der Waals surface area contributed by atoms with E-state index < -0.39 is 11.8 Å². The topological polar surface area (TPSA) is 54.0 Å². The molecule has 0 radical (unpaired) electrons. The van der Waals surface area contributed by atoms with Gasteiger partial charge in [-0.3, -0.25) is 0 Å². The number of nitrogens with one attached hydrogen (secondary N) is 2. The van der Waals surface area contributed by atoms with Crippen LogP contribution in [0.1, 0.15) is 0 Å². The van der Waals surface area contributed by atoms with Crippen LogP contribution in [0.25, 0.3) is 20.8 Å². The van der Waals surface area contributed by atoms with E-state index in [2.05, 4.69) is 15.6 Å². The lowest BCUT2D eigenvalue weighted by molar-refractivity contribution is 0.262. The maximum Gasteiger partial charge on any atom is 0.323 e. The first kappa shape index (κ1) is 16.2. The van der Waals surface area contributed by atoms with E-state index in [9.17, 15) is 9.18 Å². The Labute approximate surface area is 153 Å². The fourth-order valence-corrected chi connectivity index (χ4v) is 3.53. The van der Waals surface area contributed by atoms with Gasteiger partial charge in [0.1, 0.15) is 10.8 Å². The van der Waals surface area contributed by atoms with Crippen molar-refractivity contribution in [1.82, 2.24) is 4.98 Å². The number of benzene rings is 3. The molecule has 6 heteroatoms. The average Bonchev–Trinajstić information content (AvgIpc) is 3.08. The molecule has 0 bridgehead atoms. The number of carbonyl (C=O) groups excluding carboxylic acids is 1. The Morgan fingerprint density at radius 3 is 2.58 bits per heavy atom. The van der Waals surface area contributed by atoms with E-state index in [1.165, 1.54) is 12.1 Å². The normalized spacial score (nSPS) is 10.7. The number of amides is 2. The molecule has 0 atom stereocenters. The Balaban J connectivity index is 1.54. The molecule has 0 saturated carbocycles. The first-order chi connectivity index (χ1) is 12.7. The number of fused-ring (bicyclic) bond motifs is 1. The maximum atomic E-state index is 13.6. The van der Waals surface area contributed by atoms with Gasteiger partial charge in [-0.05, 0) is 36.4 Å². The molecular weight excluding hydrogens is 349 g/mol. The third kappa shape index (κ3) is 3.41. The number of anilines is 2. The van der Waals surface area contributed by atoms with Gasteiger partial charge in [-0.1, -0.05) is 36.4 Å². The van der Waals surface area contributed by atoms with Crippen molar-refractivity contribution in [3.63, 3.8) is 0 Å². The van der Waals surface area contributed by atoms with Crippen molar-refractivity contribution in [1.29, 1.82) is 0 Å². The van der Waals surface area contributed by atoms with Gasteiger partial charge in [-0.25, -0.2) is 14.2 Å². The van der Waals surface area contributed by atoms with Crippen LogP contribution in [0.5, 0.6) is 0 Å². The third-order valence-corrected chi connectivity index (χ3v) is 4.87. The molecule has 0 spiro atoms. The highest BCUT2D eigenvalue weighted by molar-refractivity contribution is 7.21. The molecule has 0 saturated heterocycles. The van der Waals surface area contributed by atoms with Crippen molar-refractivity contribution < 1.29 is 9.18 Å². The molecule has 0 unspecified atom stereocenters. The number of hydrogen-bond donors (Lipinski definition) is 2. The summed E-state index contributed by atoms with van der Waals surface area (Å²) < 4.78 is 14.7. The summed E-state index contributed by atoms with van der Waals surface area (Å²) in [6, 6.07) is 20.9. The second-order valence-corrected chi connectivity index (χ2v) is 6.66. The van der Waals surface area contributed by atoms with E-state index in [1.54, 1.807) is 29.5 Å². The molecule has 1 heterocycles. The zero-order valence-corrected chi connectivity index (χ0v) is 14.4. The number of para-hydroxylation sites is 2. The molecule has 0 fully saturated rings. The van der Waals surface area contributed by atoms with Crippen LogP contribution in [0.15, 0.2) is 72.8 Å². The fourth-order valence-electron chi connectivity index (χ4n) is 2.57. The highest BCUT2D eigenvalue weighted by atomic mass is 32.1. The van der Waals surface area contributed by atoms with E-state index in [0.29, 0.717) is 5.69 Å². The van der Waals surface area contributed by atoms with E-state index in [0.717, 1.165) is 20.8 Å². The number of halogens is 1. The largest absolute Gasteiger partial charge is 0.323 e. The summed E-state index contributed by atoms with van der Waals surface area (Å²) >= 11 is 1.59. The lowest BCUT2D eigenvalue weighted by Gasteiger charge is -2.09. The summed E-state index contributed by atoms with van der Waals surface area (Å²) in [5, 5.41) is 6.10. The van der Waals surface area contributed by atoms with E-state index in [-0.39, 0.29) is 5.69 Å². The predicted octanol–water partition coefficient (Wildman–Crippen LogP) is 5.75. The lowest BCUT2D eigenvalue weighted by atomic mass is 10.2. The van der Waals surface area contributed by atoms with Crippen LogP contribution >= 0.6 is 11.3 Å². The molecule has 3 aromatic carbocycles. The smallest absolute Gasteiger partial charge is 0.308 e. The summed E-state index contributed by atoms with van der Waals surface area (Å²) in [4.78, 5) is 16.7. The zero-order chi connectivity index (χ0) is 17.9. The number of nitrogens with zero attached hydrogens (tertiary/aromatic N) is 1. The monoisotopic (exact) mass is 363 g/mol. The molecule has 128 valence electrons. The summed E-state index contributed by atoms with van der Waals surface area (Å²) in [5.74, 6) is -0.481. The Morgan fingerprint density at radius 2 is 1.73 bits per heavy atom. The Kier molecular flexibility index (Phi) is 4.33. The van der Waals surface area contributed by atoms with Gasteiger partial charge >= 0.3 is 6.03 Å². The van der Waals surface area contributed by atoms with E-state index >= 15 is 0 Å².